The zero-order chi connectivity index (χ0) is 34.9. The number of rotatable bonds is 7. The molecule has 0 spiro atoms. The SMILES string of the molecule is C[C@H]1C(=O)N[C@@H](Cc2ccccc2)C(=O)NCCN(C(=O)CCN2CCCCC2=O)CC(=O)N[C@@H](Cc2c[nH]c3ccccc23)C(=O)N1C. The minimum Gasteiger partial charge on any atom is -0.361 e. The van der Waals surface area contributed by atoms with E-state index < -0.39 is 41.8 Å². The highest BCUT2D eigenvalue weighted by atomic mass is 16.2. The number of likely N-dealkylation sites (N-methyl/N-ethyl adjacent to an activating group) is 1. The Hall–Kier alpha value is -5.20. The fraction of sp³-hybridized carbons (Fsp3) is 0.444. The Kier molecular flexibility index (Phi) is 11.7. The fourth-order valence-corrected chi connectivity index (χ4v) is 6.31. The van der Waals surface area contributed by atoms with Crippen LogP contribution in [0.5, 0.6) is 0 Å². The van der Waals surface area contributed by atoms with E-state index in [4.69, 9.17) is 0 Å². The van der Waals surface area contributed by atoms with Crippen molar-refractivity contribution < 1.29 is 28.8 Å². The van der Waals surface area contributed by atoms with Gasteiger partial charge >= 0.3 is 0 Å². The molecule has 3 atom stereocenters. The van der Waals surface area contributed by atoms with Gasteiger partial charge in [-0.3, -0.25) is 28.8 Å². The minimum atomic E-state index is -1.06. The highest BCUT2D eigenvalue weighted by Gasteiger charge is 2.33. The average Bonchev–Trinajstić information content (AvgIpc) is 3.51. The van der Waals surface area contributed by atoms with E-state index >= 15 is 0 Å². The van der Waals surface area contributed by atoms with Crippen LogP contribution in [0, 0.1) is 0 Å². The van der Waals surface area contributed by atoms with Crippen LogP contribution in [0.4, 0.5) is 0 Å². The maximum absolute atomic E-state index is 14.0. The molecule has 3 heterocycles. The number of amides is 6. The topological polar surface area (TPSA) is 164 Å². The molecule has 2 aliphatic rings. The van der Waals surface area contributed by atoms with E-state index in [1.807, 2.05) is 54.6 Å². The van der Waals surface area contributed by atoms with E-state index in [0.29, 0.717) is 13.0 Å². The Morgan fingerprint density at radius 1 is 0.857 bits per heavy atom. The van der Waals surface area contributed by atoms with Crippen molar-refractivity contribution in [3.05, 3.63) is 71.9 Å². The quantitative estimate of drug-likeness (QED) is 0.294. The van der Waals surface area contributed by atoms with Gasteiger partial charge in [0, 0.05) is 76.0 Å². The number of nitrogens with one attached hydrogen (secondary N) is 4. The third-order valence-corrected chi connectivity index (χ3v) is 9.34. The second-order valence-electron chi connectivity index (χ2n) is 12.8. The van der Waals surface area contributed by atoms with E-state index in [-0.39, 0.29) is 57.3 Å². The Labute approximate surface area is 285 Å². The highest BCUT2D eigenvalue weighted by molar-refractivity contribution is 5.95. The Balaban J connectivity index is 1.41. The molecule has 6 amide bonds. The number of benzene rings is 2. The molecule has 3 aromatic rings. The van der Waals surface area contributed by atoms with E-state index in [2.05, 4.69) is 20.9 Å². The second kappa shape index (κ2) is 16.3. The molecule has 0 aliphatic carbocycles. The van der Waals surface area contributed by atoms with Crippen molar-refractivity contribution in [1.29, 1.82) is 0 Å². The van der Waals surface area contributed by atoms with Crippen LogP contribution in [0.1, 0.15) is 43.7 Å². The number of aromatic amines is 1. The first-order valence-corrected chi connectivity index (χ1v) is 16.9. The van der Waals surface area contributed by atoms with E-state index in [9.17, 15) is 28.8 Å². The molecule has 0 radical (unpaired) electrons. The maximum Gasteiger partial charge on any atom is 0.245 e. The number of fused-ring (bicyclic) bond motifs is 1. The normalized spacial score (nSPS) is 21.9. The minimum absolute atomic E-state index is 0.00427. The highest BCUT2D eigenvalue weighted by Crippen LogP contribution is 2.20. The molecule has 2 aromatic carbocycles. The van der Waals surface area contributed by atoms with Gasteiger partial charge in [-0.2, -0.15) is 0 Å². The fourth-order valence-electron chi connectivity index (χ4n) is 6.31. The molecule has 49 heavy (non-hydrogen) atoms. The van der Waals surface area contributed by atoms with Crippen LogP contribution < -0.4 is 16.0 Å². The monoisotopic (exact) mass is 671 g/mol. The summed E-state index contributed by atoms with van der Waals surface area (Å²) < 4.78 is 0. The Morgan fingerprint density at radius 2 is 1.61 bits per heavy atom. The number of aromatic nitrogens is 1. The molecular weight excluding hydrogens is 626 g/mol. The lowest BCUT2D eigenvalue weighted by Gasteiger charge is -2.30. The van der Waals surface area contributed by atoms with Crippen molar-refractivity contribution in [2.24, 2.45) is 0 Å². The molecule has 13 heteroatoms. The number of likely N-dealkylation sites (tertiary alicyclic amines) is 1. The Morgan fingerprint density at radius 3 is 2.39 bits per heavy atom. The summed E-state index contributed by atoms with van der Waals surface area (Å²) in [6, 6.07) is 13.9. The largest absolute Gasteiger partial charge is 0.361 e. The van der Waals surface area contributed by atoms with Gasteiger partial charge in [0.25, 0.3) is 0 Å². The summed E-state index contributed by atoms with van der Waals surface area (Å²) in [7, 11) is 1.49. The van der Waals surface area contributed by atoms with Gasteiger partial charge in [-0.05, 0) is 37.0 Å². The van der Waals surface area contributed by atoms with Gasteiger partial charge in [-0.1, -0.05) is 48.5 Å². The number of piperidine rings is 1. The van der Waals surface area contributed by atoms with Crippen molar-refractivity contribution in [2.45, 2.75) is 63.6 Å². The molecule has 2 saturated heterocycles. The number of H-pyrrole nitrogens is 1. The van der Waals surface area contributed by atoms with E-state index in [0.717, 1.165) is 34.9 Å². The molecule has 2 aliphatic heterocycles. The molecule has 2 fully saturated rings. The van der Waals surface area contributed by atoms with Gasteiger partial charge in [0.2, 0.25) is 35.4 Å². The van der Waals surface area contributed by atoms with Crippen molar-refractivity contribution in [3.63, 3.8) is 0 Å². The molecule has 5 rings (SSSR count). The zero-order valence-electron chi connectivity index (χ0n) is 28.1. The van der Waals surface area contributed by atoms with Gasteiger partial charge < -0.3 is 35.6 Å². The first-order valence-electron chi connectivity index (χ1n) is 16.9. The van der Waals surface area contributed by atoms with E-state index in [1.54, 1.807) is 18.0 Å². The predicted octanol–water partition coefficient (Wildman–Crippen LogP) is 1.13. The van der Waals surface area contributed by atoms with Gasteiger partial charge in [0.1, 0.15) is 18.1 Å². The molecule has 13 nitrogen and oxygen atoms in total. The lowest BCUT2D eigenvalue weighted by molar-refractivity contribution is -0.142. The number of carbonyl (C=O) groups is 6. The summed E-state index contributed by atoms with van der Waals surface area (Å²) >= 11 is 0. The molecule has 0 unspecified atom stereocenters. The zero-order valence-corrected chi connectivity index (χ0v) is 28.1. The van der Waals surface area contributed by atoms with Crippen LogP contribution in [0.3, 0.4) is 0 Å². The number of hydrogen-bond donors (Lipinski definition) is 4. The smallest absolute Gasteiger partial charge is 0.245 e. The lowest BCUT2D eigenvalue weighted by Crippen LogP contribution is -2.57. The van der Waals surface area contributed by atoms with Gasteiger partial charge in [-0.15, -0.1) is 0 Å². The van der Waals surface area contributed by atoms with Crippen LogP contribution in [0.25, 0.3) is 10.9 Å². The van der Waals surface area contributed by atoms with Crippen LogP contribution in [0.2, 0.25) is 0 Å². The van der Waals surface area contributed by atoms with E-state index in [1.165, 1.54) is 16.8 Å². The van der Waals surface area contributed by atoms with Crippen LogP contribution in [-0.2, 0) is 41.6 Å². The predicted molar refractivity (Wildman–Crippen MR) is 183 cm³/mol. The summed E-state index contributed by atoms with van der Waals surface area (Å²) in [5, 5.41) is 9.36. The maximum atomic E-state index is 14.0. The third kappa shape index (κ3) is 9.04. The number of carbonyl (C=O) groups excluding carboxylic acids is 6. The average molecular weight is 672 g/mol. The Bertz CT molecular complexity index is 1670. The third-order valence-electron chi connectivity index (χ3n) is 9.34. The van der Waals surface area contributed by atoms with Crippen molar-refractivity contribution in [3.8, 4) is 0 Å². The summed E-state index contributed by atoms with van der Waals surface area (Å²) in [5.41, 5.74) is 2.50. The molecule has 260 valence electrons. The summed E-state index contributed by atoms with van der Waals surface area (Å²) in [6.07, 6.45) is 4.29. The standard InChI is InChI=1S/C36H45N7O6/c1-24-34(47)40-29(20-25-10-4-3-5-11-25)35(48)37-16-19-43(33(46)15-18-42-17-9-8-14-32(42)45)23-31(44)39-30(36(49)41(24)2)21-26-22-38-28-13-7-6-12-27(26)28/h3-7,10-13,22,24,29-30,38H,8-9,14-21,23H2,1-2H3,(H,37,48)(H,39,44)(H,40,47)/t24-,29-,30-/m0/s1. The number of para-hydroxylation sites is 1. The summed E-state index contributed by atoms with van der Waals surface area (Å²) in [6.45, 7) is 2.06. The van der Waals surface area contributed by atoms with Crippen LogP contribution in [0.15, 0.2) is 60.8 Å². The van der Waals surface area contributed by atoms with Crippen LogP contribution >= 0.6 is 0 Å². The van der Waals surface area contributed by atoms with Crippen molar-refractivity contribution >= 4 is 46.3 Å². The summed E-state index contributed by atoms with van der Waals surface area (Å²) in [5.74, 6) is -2.39. The van der Waals surface area contributed by atoms with Crippen LogP contribution in [-0.4, -0.2) is 113 Å². The number of nitrogens with zero attached hydrogens (tertiary/aromatic N) is 3. The molecule has 4 N–H and O–H groups in total. The number of hydrogen-bond acceptors (Lipinski definition) is 6. The molecule has 1 aromatic heterocycles. The van der Waals surface area contributed by atoms with Gasteiger partial charge in [-0.25, -0.2) is 0 Å². The first-order chi connectivity index (χ1) is 23.6. The molecule has 0 saturated carbocycles. The van der Waals surface area contributed by atoms with Gasteiger partial charge in [0.05, 0.1) is 6.54 Å². The second-order valence-corrected chi connectivity index (χ2v) is 12.8. The van der Waals surface area contributed by atoms with Crippen molar-refractivity contribution in [1.82, 2.24) is 35.6 Å². The molecule has 0 bridgehead atoms. The molecular formula is C36H45N7O6. The first kappa shape index (κ1) is 35.1. The lowest BCUT2D eigenvalue weighted by atomic mass is 10.0. The van der Waals surface area contributed by atoms with Gasteiger partial charge in [0.15, 0.2) is 0 Å². The summed E-state index contributed by atoms with van der Waals surface area (Å²) in [4.78, 5) is 88.0. The van der Waals surface area contributed by atoms with Crippen molar-refractivity contribution in [2.75, 3.05) is 39.8 Å².